The number of amides is 1. The van der Waals surface area contributed by atoms with Gasteiger partial charge in [-0.2, -0.15) is 0 Å². The molecule has 0 unspecified atom stereocenters. The number of pyridine rings is 1. The third-order valence-electron chi connectivity index (χ3n) is 8.25. The second kappa shape index (κ2) is 10.4. The Balaban J connectivity index is 0.000000225. The first-order valence-corrected chi connectivity index (χ1v) is 13.6. The molecule has 0 atom stereocenters. The van der Waals surface area contributed by atoms with E-state index in [4.69, 9.17) is 0 Å². The Bertz CT molecular complexity index is 1560. The van der Waals surface area contributed by atoms with Crippen LogP contribution in [0.1, 0.15) is 42.9 Å². The van der Waals surface area contributed by atoms with E-state index in [1.807, 2.05) is 0 Å². The number of fused-ring (bicyclic) bond motifs is 5. The van der Waals surface area contributed by atoms with Crippen LogP contribution in [0, 0.1) is 0 Å². The minimum atomic E-state index is -0.0637. The number of benzene rings is 3. The van der Waals surface area contributed by atoms with Gasteiger partial charge in [-0.05, 0) is 91.2 Å². The lowest BCUT2D eigenvalue weighted by atomic mass is 9.74. The number of H-pyrrole nitrogens is 1. The predicted molar refractivity (Wildman–Crippen MR) is 155 cm³/mol. The van der Waals surface area contributed by atoms with E-state index in [1.165, 1.54) is 73.1 Å². The van der Waals surface area contributed by atoms with Crippen LogP contribution < -0.4 is 5.32 Å². The van der Waals surface area contributed by atoms with Crippen LogP contribution in [0.2, 0.25) is 0 Å². The summed E-state index contributed by atoms with van der Waals surface area (Å²) in [5, 5.41) is 5.31. The number of aromatic nitrogens is 2. The minimum absolute atomic E-state index is 0.0637. The normalized spacial score (nSPS) is 16.2. The molecule has 3 aromatic carbocycles. The molecule has 0 bridgehead atoms. The van der Waals surface area contributed by atoms with E-state index >= 15 is 0 Å². The largest absolute Gasteiger partial charge is 0.355 e. The van der Waals surface area contributed by atoms with E-state index < -0.39 is 0 Å². The lowest BCUT2D eigenvalue weighted by molar-refractivity contribution is -0.114. The van der Waals surface area contributed by atoms with Gasteiger partial charge in [0.15, 0.2) is 0 Å². The first-order valence-electron chi connectivity index (χ1n) is 13.6. The monoisotopic (exact) mass is 502 g/mol. The first-order chi connectivity index (χ1) is 18.6. The Morgan fingerprint density at radius 3 is 2.45 bits per heavy atom. The van der Waals surface area contributed by atoms with Crippen molar-refractivity contribution in [2.75, 3.05) is 18.4 Å². The molecule has 5 nitrogen and oxygen atoms in total. The van der Waals surface area contributed by atoms with Crippen molar-refractivity contribution in [2.24, 2.45) is 0 Å². The number of rotatable bonds is 3. The summed E-state index contributed by atoms with van der Waals surface area (Å²) in [6.07, 6.45) is 8.49. The van der Waals surface area contributed by atoms with E-state index in [2.05, 4.69) is 86.9 Å². The highest BCUT2D eigenvalue weighted by molar-refractivity contribution is 6.07. The Labute approximate surface area is 223 Å². The van der Waals surface area contributed by atoms with Crippen LogP contribution >= 0.6 is 0 Å². The fourth-order valence-electron chi connectivity index (χ4n) is 6.31. The Morgan fingerprint density at radius 2 is 1.63 bits per heavy atom. The summed E-state index contributed by atoms with van der Waals surface area (Å²) in [4.78, 5) is 20.5. The Hall–Kier alpha value is -3.96. The number of piperidine rings is 1. The highest BCUT2D eigenvalue weighted by Gasteiger charge is 2.40. The van der Waals surface area contributed by atoms with Gasteiger partial charge in [-0.1, -0.05) is 48.5 Å². The molecule has 0 radical (unpaired) electrons. The van der Waals surface area contributed by atoms with Gasteiger partial charge >= 0.3 is 0 Å². The van der Waals surface area contributed by atoms with Crippen molar-refractivity contribution in [3.05, 3.63) is 108 Å². The molecule has 1 spiro atoms. The average Bonchev–Trinajstić information content (AvgIpc) is 3.49. The summed E-state index contributed by atoms with van der Waals surface area (Å²) >= 11 is 0. The molecule has 38 heavy (non-hydrogen) atoms. The molecule has 0 saturated carbocycles. The van der Waals surface area contributed by atoms with Crippen LogP contribution in [-0.2, 0) is 23.2 Å². The van der Waals surface area contributed by atoms with Gasteiger partial charge in [0.1, 0.15) is 0 Å². The number of aromatic amines is 1. The Morgan fingerprint density at radius 1 is 0.895 bits per heavy atom. The standard InChI is InChI=1S/C26H26N2.C7H8N2O/c1-3-7-23-20(5-1)11-12-26(23)13-15-28(16-14-26)18-19-9-10-25-22(17-19)21-6-2-4-8-24(21)27-25;1-6(10)9-7-2-4-8-5-3-7/h1-10,17,27H,11-16,18H2;2-5H,1H3,(H,8,9,10). The molecule has 1 aliphatic heterocycles. The quantitative estimate of drug-likeness (QED) is 0.284. The lowest BCUT2D eigenvalue weighted by Gasteiger charge is -2.40. The number of carbonyl (C=O) groups excluding carboxylic acids is 1. The molecule has 1 aliphatic carbocycles. The van der Waals surface area contributed by atoms with Crippen LogP contribution in [0.4, 0.5) is 5.69 Å². The van der Waals surface area contributed by atoms with Crippen molar-refractivity contribution in [2.45, 2.75) is 44.6 Å². The number of aryl methyl sites for hydroxylation is 1. The predicted octanol–water partition coefficient (Wildman–Crippen LogP) is 6.84. The van der Waals surface area contributed by atoms with E-state index in [-0.39, 0.29) is 5.91 Å². The number of carbonyl (C=O) groups is 1. The van der Waals surface area contributed by atoms with Crippen LogP contribution in [-0.4, -0.2) is 33.9 Å². The topological polar surface area (TPSA) is 61.0 Å². The van der Waals surface area contributed by atoms with Crippen LogP contribution in [0.15, 0.2) is 91.3 Å². The molecule has 2 aromatic heterocycles. The fraction of sp³-hybridized carbons (Fsp3) is 0.273. The van der Waals surface area contributed by atoms with E-state index in [1.54, 1.807) is 35.7 Å². The van der Waals surface area contributed by atoms with Crippen molar-refractivity contribution in [3.8, 4) is 0 Å². The highest BCUT2D eigenvalue weighted by atomic mass is 16.1. The van der Waals surface area contributed by atoms with E-state index in [9.17, 15) is 4.79 Å². The SMILES string of the molecule is CC(=O)Nc1ccncc1.c1ccc2c(c1)CCC21CCN(Cc2ccc3[nH]c4ccccc4c3c2)CC1. The van der Waals surface area contributed by atoms with Crippen LogP contribution in [0.5, 0.6) is 0 Å². The first kappa shape index (κ1) is 24.4. The molecular formula is C33H34N4O. The molecule has 1 fully saturated rings. The zero-order valence-corrected chi connectivity index (χ0v) is 21.9. The number of nitrogens with zero attached hydrogens (tertiary/aromatic N) is 2. The van der Waals surface area contributed by atoms with Gasteiger partial charge < -0.3 is 10.3 Å². The van der Waals surface area contributed by atoms with Gasteiger partial charge in [-0.25, -0.2) is 0 Å². The maximum Gasteiger partial charge on any atom is 0.221 e. The number of hydrogen-bond acceptors (Lipinski definition) is 3. The summed E-state index contributed by atoms with van der Waals surface area (Å²) < 4.78 is 0. The minimum Gasteiger partial charge on any atom is -0.355 e. The molecule has 5 heteroatoms. The van der Waals surface area contributed by atoms with Crippen molar-refractivity contribution >= 4 is 33.4 Å². The van der Waals surface area contributed by atoms with Crippen molar-refractivity contribution in [1.29, 1.82) is 0 Å². The van der Waals surface area contributed by atoms with Crippen molar-refractivity contribution < 1.29 is 4.79 Å². The van der Waals surface area contributed by atoms with Gasteiger partial charge in [0.2, 0.25) is 5.91 Å². The molecule has 1 amide bonds. The zero-order chi connectivity index (χ0) is 26.0. The van der Waals surface area contributed by atoms with E-state index in [0.717, 1.165) is 12.2 Å². The number of nitrogens with one attached hydrogen (secondary N) is 2. The maximum atomic E-state index is 10.5. The average molecular weight is 503 g/mol. The summed E-state index contributed by atoms with van der Waals surface area (Å²) in [5.41, 5.74) is 8.38. The van der Waals surface area contributed by atoms with Crippen LogP contribution in [0.25, 0.3) is 21.8 Å². The molecule has 1 saturated heterocycles. The molecule has 2 aliphatic rings. The van der Waals surface area contributed by atoms with Gasteiger partial charge in [-0.15, -0.1) is 0 Å². The number of hydrogen-bond donors (Lipinski definition) is 2. The van der Waals surface area contributed by atoms with Gasteiger partial charge in [0.25, 0.3) is 0 Å². The zero-order valence-electron chi connectivity index (χ0n) is 21.9. The van der Waals surface area contributed by atoms with Crippen molar-refractivity contribution in [3.63, 3.8) is 0 Å². The molecule has 192 valence electrons. The molecule has 2 N–H and O–H groups in total. The van der Waals surface area contributed by atoms with Gasteiger partial charge in [0, 0.05) is 53.4 Å². The van der Waals surface area contributed by atoms with Crippen molar-refractivity contribution in [1.82, 2.24) is 14.9 Å². The maximum absolute atomic E-state index is 10.5. The van der Waals surface area contributed by atoms with Gasteiger partial charge in [-0.3, -0.25) is 14.7 Å². The molecule has 5 aromatic rings. The highest BCUT2D eigenvalue weighted by Crippen LogP contribution is 2.46. The number of likely N-dealkylation sites (tertiary alicyclic amines) is 1. The molecule has 3 heterocycles. The summed E-state index contributed by atoms with van der Waals surface area (Å²) in [7, 11) is 0. The summed E-state index contributed by atoms with van der Waals surface area (Å²) in [6, 6.07) is 28.2. The van der Waals surface area contributed by atoms with E-state index in [0.29, 0.717) is 5.41 Å². The van der Waals surface area contributed by atoms with Crippen LogP contribution in [0.3, 0.4) is 0 Å². The smallest absolute Gasteiger partial charge is 0.221 e. The van der Waals surface area contributed by atoms with Gasteiger partial charge in [0.05, 0.1) is 0 Å². The Kier molecular flexibility index (Phi) is 6.69. The summed E-state index contributed by atoms with van der Waals surface area (Å²) in [5.74, 6) is -0.0637. The second-order valence-corrected chi connectivity index (χ2v) is 10.7. The third-order valence-corrected chi connectivity index (χ3v) is 8.25. The third kappa shape index (κ3) is 4.94. The molecular weight excluding hydrogens is 468 g/mol. The second-order valence-electron chi connectivity index (χ2n) is 10.7. The summed E-state index contributed by atoms with van der Waals surface area (Å²) in [6.45, 7) is 4.95. The lowest BCUT2D eigenvalue weighted by Crippen LogP contribution is -2.41. The number of para-hydroxylation sites is 1. The molecule has 7 rings (SSSR count). The number of anilines is 1. The fourth-order valence-corrected chi connectivity index (χ4v) is 6.31.